The topological polar surface area (TPSA) is 95.6 Å². The quantitative estimate of drug-likeness (QED) is 0.714. The number of rotatable bonds is 6. The van der Waals surface area contributed by atoms with Crippen LogP contribution >= 0.6 is 23.2 Å². The molecule has 0 spiro atoms. The molecule has 9 heteroatoms. The van der Waals surface area contributed by atoms with Crippen LogP contribution in [0.2, 0.25) is 10.0 Å². The predicted molar refractivity (Wildman–Crippen MR) is 92.6 cm³/mol. The summed E-state index contributed by atoms with van der Waals surface area (Å²) in [6.45, 7) is 0.0774. The molecule has 1 aromatic carbocycles. The van der Waals surface area contributed by atoms with Gasteiger partial charge in [-0.1, -0.05) is 23.2 Å². The summed E-state index contributed by atoms with van der Waals surface area (Å²) in [6.07, 6.45) is 1.78. The first-order chi connectivity index (χ1) is 11.9. The lowest BCUT2D eigenvalue weighted by Crippen LogP contribution is -2.49. The molecular formula is C16H17Cl2N3O4. The van der Waals surface area contributed by atoms with Crippen LogP contribution in [0.15, 0.2) is 18.2 Å². The monoisotopic (exact) mass is 385 g/mol. The fourth-order valence-corrected chi connectivity index (χ4v) is 3.12. The molecule has 1 aromatic rings. The average Bonchev–Trinajstić information content (AvgIpc) is 3.07. The van der Waals surface area contributed by atoms with E-state index in [9.17, 15) is 19.2 Å². The Morgan fingerprint density at radius 1 is 1.24 bits per heavy atom. The third kappa shape index (κ3) is 4.93. The number of halogens is 2. The van der Waals surface area contributed by atoms with Crippen LogP contribution < -0.4 is 10.6 Å². The molecule has 1 saturated heterocycles. The highest BCUT2D eigenvalue weighted by atomic mass is 35.5. The maximum Gasteiger partial charge on any atom is 0.253 e. The molecule has 1 aliphatic rings. The van der Waals surface area contributed by atoms with Crippen LogP contribution in [0.1, 0.15) is 23.2 Å². The Kier molecular flexibility index (Phi) is 6.78. The zero-order valence-corrected chi connectivity index (χ0v) is 14.8. The zero-order valence-electron chi connectivity index (χ0n) is 13.3. The van der Waals surface area contributed by atoms with Gasteiger partial charge in [0.15, 0.2) is 0 Å². The summed E-state index contributed by atoms with van der Waals surface area (Å²) >= 11 is 11.7. The van der Waals surface area contributed by atoms with Gasteiger partial charge in [0.25, 0.3) is 5.91 Å². The van der Waals surface area contributed by atoms with Crippen LogP contribution in [0.3, 0.4) is 0 Å². The molecule has 2 rings (SSSR count). The zero-order chi connectivity index (χ0) is 18.4. The van der Waals surface area contributed by atoms with Gasteiger partial charge in [0.1, 0.15) is 12.3 Å². The van der Waals surface area contributed by atoms with Crippen molar-refractivity contribution in [2.75, 3.05) is 19.6 Å². The van der Waals surface area contributed by atoms with Gasteiger partial charge in [-0.2, -0.15) is 0 Å². The van der Waals surface area contributed by atoms with Crippen LogP contribution in [-0.4, -0.2) is 54.6 Å². The number of aldehydes is 1. The molecule has 1 atom stereocenters. The lowest BCUT2D eigenvalue weighted by atomic mass is 10.2. The summed E-state index contributed by atoms with van der Waals surface area (Å²) in [4.78, 5) is 48.2. The third-order valence-electron chi connectivity index (χ3n) is 3.81. The minimum atomic E-state index is -0.622. The second-order valence-electron chi connectivity index (χ2n) is 5.46. The van der Waals surface area contributed by atoms with Gasteiger partial charge in [-0.15, -0.1) is 0 Å². The average molecular weight is 386 g/mol. The number of hydrogen-bond donors (Lipinski definition) is 2. The summed E-state index contributed by atoms with van der Waals surface area (Å²) in [6, 6.07) is 3.81. The number of carbonyl (C=O) groups is 4. The molecule has 1 heterocycles. The second kappa shape index (κ2) is 8.82. The van der Waals surface area contributed by atoms with Crippen molar-refractivity contribution in [3.8, 4) is 0 Å². The van der Waals surface area contributed by atoms with E-state index in [0.29, 0.717) is 30.7 Å². The summed E-state index contributed by atoms with van der Waals surface area (Å²) in [7, 11) is 0. The molecule has 1 aliphatic heterocycles. The smallest absolute Gasteiger partial charge is 0.253 e. The Morgan fingerprint density at radius 3 is 2.68 bits per heavy atom. The van der Waals surface area contributed by atoms with Crippen LogP contribution in [0, 0.1) is 0 Å². The molecule has 25 heavy (non-hydrogen) atoms. The molecule has 0 radical (unpaired) electrons. The van der Waals surface area contributed by atoms with Crippen LogP contribution in [0.4, 0.5) is 0 Å². The molecule has 1 fully saturated rings. The highest BCUT2D eigenvalue weighted by molar-refractivity contribution is 6.36. The largest absolute Gasteiger partial charge is 0.348 e. The Morgan fingerprint density at radius 2 is 2.00 bits per heavy atom. The number of amides is 3. The highest BCUT2D eigenvalue weighted by Gasteiger charge is 2.33. The lowest BCUT2D eigenvalue weighted by molar-refractivity contribution is -0.137. The van der Waals surface area contributed by atoms with E-state index in [1.807, 2.05) is 0 Å². The molecule has 0 bridgehead atoms. The van der Waals surface area contributed by atoms with Crippen LogP contribution in [-0.2, 0) is 14.4 Å². The number of nitrogens with zero attached hydrogens (tertiary/aromatic N) is 1. The van der Waals surface area contributed by atoms with E-state index in [4.69, 9.17) is 23.2 Å². The standard InChI is InChI=1S/C16H17Cl2N3O4/c17-10-3-4-11(12(18)8-10)15(24)20-9-14(23)21-6-1-2-13(21)16(25)19-5-7-22/h3-4,7-8,13H,1-2,5-6,9H2,(H,19,25)(H,20,24)/t13-/m0/s1. The summed E-state index contributed by atoms with van der Waals surface area (Å²) in [5.74, 6) is -1.25. The van der Waals surface area contributed by atoms with Gasteiger partial charge >= 0.3 is 0 Å². The van der Waals surface area contributed by atoms with E-state index in [1.165, 1.54) is 23.1 Å². The van der Waals surface area contributed by atoms with E-state index in [2.05, 4.69) is 10.6 Å². The van der Waals surface area contributed by atoms with E-state index in [-0.39, 0.29) is 35.5 Å². The van der Waals surface area contributed by atoms with Gasteiger partial charge < -0.3 is 20.3 Å². The number of likely N-dealkylation sites (tertiary alicyclic amines) is 1. The molecule has 0 aromatic heterocycles. The molecule has 0 aliphatic carbocycles. The van der Waals surface area contributed by atoms with Gasteiger partial charge in [-0.25, -0.2) is 0 Å². The fourth-order valence-electron chi connectivity index (χ4n) is 2.62. The molecule has 7 nitrogen and oxygen atoms in total. The van der Waals surface area contributed by atoms with E-state index < -0.39 is 11.9 Å². The van der Waals surface area contributed by atoms with Crippen molar-refractivity contribution in [3.05, 3.63) is 33.8 Å². The Balaban J connectivity index is 1.93. The summed E-state index contributed by atoms with van der Waals surface area (Å²) < 4.78 is 0. The van der Waals surface area contributed by atoms with E-state index in [1.54, 1.807) is 0 Å². The Labute approximate surface area is 154 Å². The Bertz CT molecular complexity index is 696. The fraction of sp³-hybridized carbons (Fsp3) is 0.375. The molecular weight excluding hydrogens is 369 g/mol. The van der Waals surface area contributed by atoms with Gasteiger partial charge in [0.05, 0.1) is 23.7 Å². The minimum absolute atomic E-state index is 0.0941. The summed E-state index contributed by atoms with van der Waals surface area (Å²) in [5, 5.41) is 5.52. The normalized spacial score (nSPS) is 16.4. The maximum atomic E-state index is 12.3. The number of carbonyl (C=O) groups excluding carboxylic acids is 4. The van der Waals surface area contributed by atoms with Crippen molar-refractivity contribution < 1.29 is 19.2 Å². The number of benzene rings is 1. The van der Waals surface area contributed by atoms with Crippen molar-refractivity contribution in [2.45, 2.75) is 18.9 Å². The van der Waals surface area contributed by atoms with Crippen molar-refractivity contribution in [2.24, 2.45) is 0 Å². The van der Waals surface area contributed by atoms with Crippen LogP contribution in [0.5, 0.6) is 0 Å². The molecule has 134 valence electrons. The second-order valence-corrected chi connectivity index (χ2v) is 6.31. The maximum absolute atomic E-state index is 12.3. The molecule has 3 amide bonds. The first-order valence-electron chi connectivity index (χ1n) is 7.68. The van der Waals surface area contributed by atoms with Crippen molar-refractivity contribution in [1.82, 2.24) is 15.5 Å². The number of nitrogens with one attached hydrogen (secondary N) is 2. The van der Waals surface area contributed by atoms with Crippen molar-refractivity contribution in [3.63, 3.8) is 0 Å². The Hall–Kier alpha value is -2.12. The van der Waals surface area contributed by atoms with E-state index in [0.717, 1.165) is 0 Å². The van der Waals surface area contributed by atoms with Crippen LogP contribution in [0.25, 0.3) is 0 Å². The molecule has 0 unspecified atom stereocenters. The van der Waals surface area contributed by atoms with Gasteiger partial charge in [0, 0.05) is 11.6 Å². The lowest BCUT2D eigenvalue weighted by Gasteiger charge is -2.23. The predicted octanol–water partition coefficient (Wildman–Crippen LogP) is 1.03. The number of hydrogen-bond acceptors (Lipinski definition) is 4. The van der Waals surface area contributed by atoms with Crippen molar-refractivity contribution in [1.29, 1.82) is 0 Å². The SMILES string of the molecule is O=CCNC(=O)[C@@H]1CCCN1C(=O)CNC(=O)c1ccc(Cl)cc1Cl. The minimum Gasteiger partial charge on any atom is -0.348 e. The molecule has 0 saturated carbocycles. The highest BCUT2D eigenvalue weighted by Crippen LogP contribution is 2.21. The van der Waals surface area contributed by atoms with Crippen molar-refractivity contribution >= 4 is 47.2 Å². The first kappa shape index (κ1) is 19.2. The first-order valence-corrected chi connectivity index (χ1v) is 8.43. The van der Waals surface area contributed by atoms with Gasteiger partial charge in [-0.05, 0) is 31.0 Å². The van der Waals surface area contributed by atoms with E-state index >= 15 is 0 Å². The summed E-state index contributed by atoms with van der Waals surface area (Å²) in [5.41, 5.74) is 0.209. The third-order valence-corrected chi connectivity index (χ3v) is 4.36. The molecule has 2 N–H and O–H groups in total. The van der Waals surface area contributed by atoms with Gasteiger partial charge in [-0.3, -0.25) is 14.4 Å². The van der Waals surface area contributed by atoms with Gasteiger partial charge in [0.2, 0.25) is 11.8 Å².